The highest BCUT2D eigenvalue weighted by molar-refractivity contribution is 6.35. The van der Waals surface area contributed by atoms with Crippen molar-refractivity contribution in [3.63, 3.8) is 0 Å². The molecule has 38 heavy (non-hydrogen) atoms. The number of hydrogen-bond donors (Lipinski definition) is 1. The van der Waals surface area contributed by atoms with Crippen LogP contribution in [0.5, 0.6) is 5.75 Å². The maximum absolute atomic E-state index is 9.85. The van der Waals surface area contributed by atoms with Gasteiger partial charge in [-0.25, -0.2) is 4.99 Å². The Balaban J connectivity index is 1.85. The van der Waals surface area contributed by atoms with E-state index in [1.54, 1.807) is 6.07 Å². The molecule has 5 heteroatoms. The minimum Gasteiger partial charge on any atom is -0.494 e. The lowest BCUT2D eigenvalue weighted by atomic mass is 9.89. The first-order chi connectivity index (χ1) is 18.4. The van der Waals surface area contributed by atoms with Gasteiger partial charge < -0.3 is 9.84 Å². The number of allylic oxidation sites excluding steroid dienone is 3. The molecule has 4 nitrogen and oxygen atoms in total. The van der Waals surface area contributed by atoms with Crippen molar-refractivity contribution < 1.29 is 9.84 Å². The van der Waals surface area contributed by atoms with Crippen LogP contribution >= 0.6 is 11.6 Å². The maximum atomic E-state index is 9.85. The van der Waals surface area contributed by atoms with Crippen LogP contribution in [0.3, 0.4) is 0 Å². The van der Waals surface area contributed by atoms with Gasteiger partial charge in [-0.05, 0) is 75.2 Å². The smallest absolute Gasteiger partial charge is 0.205 e. The lowest BCUT2D eigenvalue weighted by Gasteiger charge is -2.15. The van der Waals surface area contributed by atoms with Gasteiger partial charge in [0.1, 0.15) is 12.4 Å². The van der Waals surface area contributed by atoms with E-state index < -0.39 is 0 Å². The fourth-order valence-corrected chi connectivity index (χ4v) is 4.43. The van der Waals surface area contributed by atoms with Gasteiger partial charge in [0, 0.05) is 17.0 Å². The molecule has 0 spiro atoms. The molecule has 1 aliphatic rings. The predicted octanol–water partition coefficient (Wildman–Crippen LogP) is 8.62. The third-order valence-corrected chi connectivity index (χ3v) is 6.38. The molecule has 1 fully saturated rings. The summed E-state index contributed by atoms with van der Waals surface area (Å²) >= 11 is 6.57. The van der Waals surface area contributed by atoms with Crippen molar-refractivity contribution in [1.29, 1.82) is 0 Å². The average Bonchev–Trinajstić information content (AvgIpc) is 2.91. The number of hydrogen-bond acceptors (Lipinski definition) is 3. The Bertz CT molecular complexity index is 1310. The van der Waals surface area contributed by atoms with Crippen LogP contribution in [0.2, 0.25) is 5.02 Å². The van der Waals surface area contributed by atoms with Crippen LogP contribution < -0.4 is 4.74 Å². The largest absolute Gasteiger partial charge is 0.494 e. The molecule has 0 bridgehead atoms. The summed E-state index contributed by atoms with van der Waals surface area (Å²) in [5.41, 5.74) is 3.70. The molecule has 0 unspecified atom stereocenters. The number of halogens is 1. The Morgan fingerprint density at radius 1 is 1.08 bits per heavy atom. The van der Waals surface area contributed by atoms with E-state index in [2.05, 4.69) is 30.0 Å². The molecular weight excluding hydrogens is 492 g/mol. The van der Waals surface area contributed by atoms with Gasteiger partial charge >= 0.3 is 0 Å². The summed E-state index contributed by atoms with van der Waals surface area (Å²) in [6, 6.07) is 13.1. The molecule has 1 N–H and O–H groups in total. The van der Waals surface area contributed by atoms with Crippen molar-refractivity contribution in [2.45, 2.75) is 46.0 Å². The molecule has 0 amide bonds. The first-order valence-corrected chi connectivity index (χ1v) is 13.3. The lowest BCUT2D eigenvalue weighted by Crippen LogP contribution is -2.08. The van der Waals surface area contributed by atoms with E-state index in [4.69, 9.17) is 21.3 Å². The Kier molecular flexibility index (Phi) is 11.2. The average molecular weight is 527 g/mol. The first-order valence-electron chi connectivity index (χ1n) is 12.9. The number of nitrogens with zero attached hydrogens (tertiary/aromatic N) is 2. The Hall–Kier alpha value is -3.81. The Labute approximate surface area is 231 Å². The van der Waals surface area contributed by atoms with E-state index in [0.29, 0.717) is 40.4 Å². The Morgan fingerprint density at radius 2 is 1.82 bits per heavy atom. The fraction of sp³-hybridized carbons (Fsp3) is 0.273. The van der Waals surface area contributed by atoms with Gasteiger partial charge in [0.05, 0.1) is 16.3 Å². The van der Waals surface area contributed by atoms with E-state index in [1.165, 1.54) is 32.1 Å². The molecule has 0 aromatic heterocycles. The minimum atomic E-state index is -0.336. The van der Waals surface area contributed by atoms with Gasteiger partial charge in [0.15, 0.2) is 5.84 Å². The zero-order valence-corrected chi connectivity index (χ0v) is 23.0. The van der Waals surface area contributed by atoms with E-state index in [9.17, 15) is 5.11 Å². The summed E-state index contributed by atoms with van der Waals surface area (Å²) in [7, 11) is 0. The number of aliphatic imine (C=N–C) groups is 2. The number of aliphatic hydroxyl groups excluding tert-OH is 1. The molecule has 1 aliphatic carbocycles. The highest BCUT2D eigenvalue weighted by Crippen LogP contribution is 2.28. The van der Waals surface area contributed by atoms with Gasteiger partial charge in [0.2, 0.25) is 5.88 Å². The van der Waals surface area contributed by atoms with Crippen LogP contribution in [0.4, 0.5) is 0 Å². The molecule has 1 saturated carbocycles. The third kappa shape index (κ3) is 8.94. The highest BCUT2D eigenvalue weighted by Gasteiger charge is 2.14. The second kappa shape index (κ2) is 14.8. The normalized spacial score (nSPS) is 14.9. The monoisotopic (exact) mass is 526 g/mol. The highest BCUT2D eigenvalue weighted by atomic mass is 35.5. The standard InChI is InChI=1S/C33H35ClN2O2/c1-5-6-8-12-24(2)23-38-31-16-11-15-30(34)32(31)25(3)35-33(36-26(4)37)29-21-19-28(20-22-29)18-17-27-13-9-7-10-14-27/h5-6,8,11-12,15-16,19-22,27,37H,2,4,7,9-10,13-14,23H2,1,3H3/b6-5-,12-8-,35-25?,36-33?. The molecule has 3 rings (SSSR count). The summed E-state index contributed by atoms with van der Waals surface area (Å²) in [5.74, 6) is 7.75. The maximum Gasteiger partial charge on any atom is 0.205 e. The van der Waals surface area contributed by atoms with E-state index >= 15 is 0 Å². The molecule has 0 heterocycles. The SMILES string of the molecule is C=C(/C=C\C=C/C)COc1cccc(Cl)c1C(C)=NC(=NC(=C)O)c1ccc(C#CC2CCCCC2)cc1. The molecule has 2 aromatic rings. The van der Waals surface area contributed by atoms with Crippen molar-refractivity contribution in [2.24, 2.45) is 15.9 Å². The van der Waals surface area contributed by atoms with Crippen molar-refractivity contribution in [1.82, 2.24) is 0 Å². The Morgan fingerprint density at radius 3 is 2.50 bits per heavy atom. The lowest BCUT2D eigenvalue weighted by molar-refractivity contribution is 0.355. The molecule has 0 atom stereocenters. The first kappa shape index (κ1) is 28.8. The molecule has 0 aliphatic heterocycles. The summed E-state index contributed by atoms with van der Waals surface area (Å²) in [6.07, 6.45) is 13.9. The predicted molar refractivity (Wildman–Crippen MR) is 160 cm³/mol. The zero-order valence-electron chi connectivity index (χ0n) is 22.2. The number of amidine groups is 1. The van der Waals surface area contributed by atoms with Crippen molar-refractivity contribution in [3.05, 3.63) is 113 Å². The molecule has 0 radical (unpaired) electrons. The van der Waals surface area contributed by atoms with Crippen molar-refractivity contribution in [3.8, 4) is 17.6 Å². The van der Waals surface area contributed by atoms with Crippen molar-refractivity contribution >= 4 is 23.1 Å². The summed E-state index contributed by atoms with van der Waals surface area (Å²) in [4.78, 5) is 8.89. The van der Waals surface area contributed by atoms with Gasteiger partial charge in [-0.15, -0.1) is 0 Å². The number of rotatable bonds is 8. The summed E-state index contributed by atoms with van der Waals surface area (Å²) in [5, 5.41) is 10.3. The van der Waals surface area contributed by atoms with Crippen LogP contribution in [0.25, 0.3) is 0 Å². The number of benzene rings is 2. The van der Waals surface area contributed by atoms with Gasteiger partial charge in [0.25, 0.3) is 0 Å². The number of ether oxygens (including phenoxy) is 1. The van der Waals surface area contributed by atoms with Crippen molar-refractivity contribution in [2.75, 3.05) is 6.61 Å². The van der Waals surface area contributed by atoms with Gasteiger partial charge in [-0.2, -0.15) is 4.99 Å². The topological polar surface area (TPSA) is 54.2 Å². The van der Waals surface area contributed by atoms with E-state index in [-0.39, 0.29) is 5.88 Å². The van der Waals surface area contributed by atoms with Crippen LogP contribution in [-0.2, 0) is 0 Å². The van der Waals surface area contributed by atoms with Crippen LogP contribution in [0.1, 0.15) is 62.6 Å². The van der Waals surface area contributed by atoms with Gasteiger partial charge in [-0.3, -0.25) is 0 Å². The summed E-state index contributed by atoms with van der Waals surface area (Å²) < 4.78 is 6.03. The zero-order chi connectivity index (χ0) is 27.3. The molecule has 0 saturated heterocycles. The van der Waals surface area contributed by atoms with Crippen LogP contribution in [0.15, 0.2) is 101 Å². The summed E-state index contributed by atoms with van der Waals surface area (Å²) in [6.45, 7) is 11.6. The quantitative estimate of drug-likeness (QED) is 0.123. The minimum absolute atomic E-state index is 0.298. The molecule has 2 aromatic carbocycles. The number of aliphatic hydroxyl groups is 1. The van der Waals surface area contributed by atoms with Crippen LogP contribution in [0, 0.1) is 17.8 Å². The van der Waals surface area contributed by atoms with E-state index in [0.717, 1.165) is 16.7 Å². The second-order valence-electron chi connectivity index (χ2n) is 9.18. The van der Waals surface area contributed by atoms with Gasteiger partial charge in [-0.1, -0.05) is 79.7 Å². The van der Waals surface area contributed by atoms with Crippen LogP contribution in [-0.4, -0.2) is 23.3 Å². The second-order valence-corrected chi connectivity index (χ2v) is 9.58. The fourth-order valence-electron chi connectivity index (χ4n) is 4.12. The molecular formula is C33H35ClN2O2. The molecule has 196 valence electrons. The third-order valence-electron chi connectivity index (χ3n) is 6.06. The van der Waals surface area contributed by atoms with E-state index in [1.807, 2.05) is 74.5 Å².